The van der Waals surface area contributed by atoms with Gasteiger partial charge in [0.05, 0.1) is 6.85 Å². The van der Waals surface area contributed by atoms with Crippen LogP contribution >= 0.6 is 0 Å². The second kappa shape index (κ2) is 6.11. The molecule has 0 aromatic carbocycles. The minimum atomic E-state index is -4.23. The first-order valence-corrected chi connectivity index (χ1v) is 2.76. The van der Waals surface area contributed by atoms with Crippen molar-refractivity contribution < 1.29 is 36.6 Å². The van der Waals surface area contributed by atoms with E-state index >= 15 is 0 Å². The molecule has 15 heavy (non-hydrogen) atoms. The second-order valence-electron chi connectivity index (χ2n) is 1.48. The lowest BCUT2D eigenvalue weighted by Crippen LogP contribution is -2.30. The molecule has 0 saturated heterocycles. The predicted molar refractivity (Wildman–Crippen MR) is 37.8 cm³/mol. The normalized spacial score (nSPS) is 16.9. The SMILES string of the molecule is [2H]C([2H])(O[N+](=O)[O-])C([2H])(O[N+](=O)[O-])C([2H])([2H])O[N+](=O)[O-]. The average molecular weight is 232 g/mol. The van der Waals surface area contributed by atoms with Crippen LogP contribution in [0.15, 0.2) is 0 Å². The van der Waals surface area contributed by atoms with E-state index in [0.29, 0.717) is 0 Å². The van der Waals surface area contributed by atoms with Crippen LogP contribution in [0.1, 0.15) is 6.85 Å². The Morgan fingerprint density at radius 2 is 1.47 bits per heavy atom. The minimum Gasteiger partial charge on any atom is -0.311 e. The van der Waals surface area contributed by atoms with Crippen LogP contribution in [0.5, 0.6) is 0 Å². The Kier molecular flexibility index (Phi) is 2.51. The molecule has 0 atom stereocenters. The van der Waals surface area contributed by atoms with Crippen LogP contribution in [0.2, 0.25) is 0 Å². The van der Waals surface area contributed by atoms with Gasteiger partial charge in [-0.2, -0.15) is 0 Å². The van der Waals surface area contributed by atoms with Gasteiger partial charge < -0.3 is 14.5 Å². The first-order chi connectivity index (χ1) is 8.75. The molecule has 0 fully saturated rings. The van der Waals surface area contributed by atoms with Crippen molar-refractivity contribution in [2.75, 3.05) is 13.1 Å². The van der Waals surface area contributed by atoms with Gasteiger partial charge >= 0.3 is 0 Å². The van der Waals surface area contributed by atoms with Gasteiger partial charge in [-0.05, 0) is 0 Å². The minimum absolute atomic E-state index is 1.84. The number of nitrogens with zero attached hydrogens (tertiary/aromatic N) is 3. The Morgan fingerprint density at radius 1 is 1.07 bits per heavy atom. The monoisotopic (exact) mass is 232 g/mol. The van der Waals surface area contributed by atoms with Crippen LogP contribution in [-0.4, -0.2) is 34.5 Å². The van der Waals surface area contributed by atoms with E-state index in [1.165, 1.54) is 0 Å². The van der Waals surface area contributed by atoms with Gasteiger partial charge in [-0.15, -0.1) is 30.3 Å². The average Bonchev–Trinajstić information content (AvgIpc) is 2.10. The van der Waals surface area contributed by atoms with Crippen LogP contribution in [0.4, 0.5) is 0 Å². The third-order valence-corrected chi connectivity index (χ3v) is 0.592. The molecule has 0 aliphatic heterocycles. The third kappa shape index (κ3) is 7.94. The van der Waals surface area contributed by atoms with Crippen molar-refractivity contribution in [3.05, 3.63) is 30.3 Å². The van der Waals surface area contributed by atoms with Gasteiger partial charge in [-0.25, -0.2) is 0 Å². The highest BCUT2D eigenvalue weighted by atomic mass is 17.0. The van der Waals surface area contributed by atoms with E-state index in [0.717, 1.165) is 0 Å². The summed E-state index contributed by atoms with van der Waals surface area (Å²) in [5.74, 6) is 0. The van der Waals surface area contributed by atoms with Crippen molar-refractivity contribution in [3.8, 4) is 0 Å². The fraction of sp³-hybridized carbons (Fsp3) is 1.00. The molecule has 0 aliphatic carbocycles. The van der Waals surface area contributed by atoms with Gasteiger partial charge in [0.15, 0.2) is 6.08 Å². The second-order valence-corrected chi connectivity index (χ2v) is 1.48. The summed E-state index contributed by atoms with van der Waals surface area (Å²) >= 11 is 0. The Morgan fingerprint density at radius 3 is 1.73 bits per heavy atom. The summed E-state index contributed by atoms with van der Waals surface area (Å²) in [5.41, 5.74) is 0. The highest BCUT2D eigenvalue weighted by molar-refractivity contribution is 4.49. The van der Waals surface area contributed by atoms with Crippen molar-refractivity contribution in [1.82, 2.24) is 0 Å². The Labute approximate surface area is 87.7 Å². The number of hydrogen-bond donors (Lipinski definition) is 0. The molecule has 0 aromatic heterocycles. The summed E-state index contributed by atoms with van der Waals surface area (Å²) in [7, 11) is 0. The molecule has 0 unspecified atom stereocenters. The van der Waals surface area contributed by atoms with E-state index < -0.39 is 34.5 Å². The molecule has 0 saturated carbocycles. The quantitative estimate of drug-likeness (QED) is 0.377. The zero-order valence-electron chi connectivity index (χ0n) is 11.5. The first-order valence-electron chi connectivity index (χ1n) is 5.26. The summed E-state index contributed by atoms with van der Waals surface area (Å²) in [6.45, 7) is -8.24. The molecule has 0 amide bonds. The number of hydrogen-bond acceptors (Lipinski definition) is 9. The van der Waals surface area contributed by atoms with Gasteiger partial charge in [0.2, 0.25) is 0 Å². The lowest BCUT2D eigenvalue weighted by molar-refractivity contribution is -0.803. The smallest absolute Gasteiger partial charge is 0.294 e. The topological polar surface area (TPSA) is 157 Å². The molecule has 86 valence electrons. The van der Waals surface area contributed by atoms with Crippen molar-refractivity contribution in [1.29, 1.82) is 0 Å². The summed E-state index contributed by atoms with van der Waals surface area (Å²) < 4.78 is 35.0. The largest absolute Gasteiger partial charge is 0.311 e. The van der Waals surface area contributed by atoms with E-state index in [4.69, 9.17) is 6.85 Å². The molecular formula is C3H5N3O9. The summed E-state index contributed by atoms with van der Waals surface area (Å²) in [4.78, 5) is 40.1. The molecule has 0 N–H and O–H groups in total. The predicted octanol–water partition coefficient (Wildman–Crippen LogP) is -1.02. The van der Waals surface area contributed by atoms with E-state index in [9.17, 15) is 30.3 Å². The third-order valence-electron chi connectivity index (χ3n) is 0.592. The Bertz CT molecular complexity index is 399. The van der Waals surface area contributed by atoms with Crippen LogP contribution in [0, 0.1) is 30.3 Å². The number of rotatable bonds is 8. The van der Waals surface area contributed by atoms with Gasteiger partial charge in [-0.3, -0.25) is 0 Å². The summed E-state index contributed by atoms with van der Waals surface area (Å²) in [5, 5.41) is 24.7. The fourth-order valence-corrected chi connectivity index (χ4v) is 0.290. The zero-order chi connectivity index (χ0) is 16.4. The van der Waals surface area contributed by atoms with Crippen molar-refractivity contribution in [3.63, 3.8) is 0 Å². The molecule has 0 rings (SSSR count). The molecular weight excluding hydrogens is 222 g/mol. The molecule has 0 heterocycles. The zero-order valence-corrected chi connectivity index (χ0v) is 6.52. The molecule has 12 heteroatoms. The van der Waals surface area contributed by atoms with Crippen molar-refractivity contribution in [2.45, 2.75) is 6.08 Å². The fourth-order valence-electron chi connectivity index (χ4n) is 0.290. The molecule has 0 spiro atoms. The lowest BCUT2D eigenvalue weighted by Gasteiger charge is -2.11. The summed E-state index contributed by atoms with van der Waals surface area (Å²) in [6, 6.07) is 0. The molecule has 0 aromatic rings. The highest BCUT2D eigenvalue weighted by Crippen LogP contribution is 1.96. The van der Waals surface area contributed by atoms with Crippen molar-refractivity contribution in [2.24, 2.45) is 0 Å². The van der Waals surface area contributed by atoms with Gasteiger partial charge in [0.1, 0.15) is 13.1 Å². The Hall–Kier alpha value is -2.40. The van der Waals surface area contributed by atoms with Crippen LogP contribution in [0.3, 0.4) is 0 Å². The van der Waals surface area contributed by atoms with E-state index in [1.807, 2.05) is 0 Å². The maximum Gasteiger partial charge on any atom is 0.294 e. The molecule has 12 nitrogen and oxygen atoms in total. The van der Waals surface area contributed by atoms with Crippen LogP contribution in [-0.2, 0) is 14.5 Å². The maximum atomic E-state index is 10.2. The van der Waals surface area contributed by atoms with Gasteiger partial charge in [-0.1, -0.05) is 0 Å². The highest BCUT2D eigenvalue weighted by Gasteiger charge is 2.17. The standard InChI is InChI=1S/C3H5N3O9/c7-4(8)13-1-3(15-6(11)12)2-14-5(9)10/h3H,1-2H2/i1D2,2D2,3D. The van der Waals surface area contributed by atoms with Crippen LogP contribution in [0.25, 0.3) is 0 Å². The van der Waals surface area contributed by atoms with Crippen molar-refractivity contribution >= 4 is 0 Å². The molecule has 0 aliphatic rings. The maximum absolute atomic E-state index is 10.2. The first kappa shape index (κ1) is 6.15. The van der Waals surface area contributed by atoms with Gasteiger partial charge in [0.25, 0.3) is 15.3 Å². The lowest BCUT2D eigenvalue weighted by atomic mass is 10.4. The molecule has 0 radical (unpaired) electrons. The summed E-state index contributed by atoms with van der Waals surface area (Å²) in [6.07, 6.45) is -4.23. The van der Waals surface area contributed by atoms with E-state index in [2.05, 4.69) is 14.5 Å². The van der Waals surface area contributed by atoms with Crippen LogP contribution < -0.4 is 0 Å². The molecule has 0 bridgehead atoms. The van der Waals surface area contributed by atoms with E-state index in [-0.39, 0.29) is 0 Å². The Balaban J connectivity index is 5.77. The van der Waals surface area contributed by atoms with Gasteiger partial charge in [0, 0.05) is 0 Å². The van der Waals surface area contributed by atoms with E-state index in [1.54, 1.807) is 0 Å².